The zero-order valence-corrected chi connectivity index (χ0v) is 16.7. The molecule has 2 heterocycles. The molecule has 0 aliphatic carbocycles. The van der Waals surface area contributed by atoms with Crippen LogP contribution in [-0.4, -0.2) is 35.3 Å². The molecule has 0 saturated carbocycles. The molecule has 7 heteroatoms. The van der Waals surface area contributed by atoms with Crippen LogP contribution in [0.25, 0.3) is 0 Å². The minimum absolute atomic E-state index is 0.0847. The Balaban J connectivity index is 1.59. The quantitative estimate of drug-likeness (QED) is 0.750. The third-order valence-corrected chi connectivity index (χ3v) is 5.00. The number of rotatable bonds is 7. The van der Waals surface area contributed by atoms with Crippen molar-refractivity contribution in [3.8, 4) is 0 Å². The van der Waals surface area contributed by atoms with Crippen LogP contribution in [0.1, 0.15) is 25.8 Å². The van der Waals surface area contributed by atoms with Gasteiger partial charge in [-0.2, -0.15) is 0 Å². The van der Waals surface area contributed by atoms with Gasteiger partial charge in [-0.1, -0.05) is 38.1 Å². The largest absolute Gasteiger partial charge is 0.350 e. The predicted molar refractivity (Wildman–Crippen MR) is 110 cm³/mol. The Labute approximate surface area is 170 Å². The average Bonchev–Trinajstić information content (AvgIpc) is 3.13. The molecule has 0 radical (unpaired) electrons. The van der Waals surface area contributed by atoms with E-state index in [4.69, 9.17) is 0 Å². The third kappa shape index (κ3) is 5.19. The van der Waals surface area contributed by atoms with Crippen molar-refractivity contribution >= 4 is 23.4 Å². The van der Waals surface area contributed by atoms with Crippen LogP contribution < -0.4 is 15.5 Å². The Morgan fingerprint density at radius 2 is 1.93 bits per heavy atom. The standard InChI is InChI=1S/C22H26N4O3/c1-15(2)20(22(29)24-13-16-7-6-10-23-12-16)25-21(28)17-11-19(27)26(14-17)18-8-4-3-5-9-18/h3-10,12,15,17,20H,11,13-14H2,1-2H3,(H,24,29)(H,25,28). The van der Waals surface area contributed by atoms with E-state index in [1.54, 1.807) is 23.4 Å². The highest BCUT2D eigenvalue weighted by Gasteiger charge is 2.37. The molecule has 2 atom stereocenters. The number of carbonyl (C=O) groups is 3. The monoisotopic (exact) mass is 394 g/mol. The van der Waals surface area contributed by atoms with E-state index >= 15 is 0 Å². The van der Waals surface area contributed by atoms with Gasteiger partial charge in [-0.25, -0.2) is 0 Å². The highest BCUT2D eigenvalue weighted by atomic mass is 16.2. The fraction of sp³-hybridized carbons (Fsp3) is 0.364. The van der Waals surface area contributed by atoms with Crippen molar-refractivity contribution in [2.24, 2.45) is 11.8 Å². The second kappa shape index (κ2) is 9.32. The van der Waals surface area contributed by atoms with Gasteiger partial charge in [-0.05, 0) is 29.7 Å². The van der Waals surface area contributed by atoms with Crippen molar-refractivity contribution in [1.82, 2.24) is 15.6 Å². The highest BCUT2D eigenvalue weighted by molar-refractivity contribution is 6.01. The van der Waals surface area contributed by atoms with Crippen LogP contribution in [0.2, 0.25) is 0 Å². The molecule has 2 aromatic rings. The maximum absolute atomic E-state index is 12.8. The van der Waals surface area contributed by atoms with Crippen molar-refractivity contribution in [3.63, 3.8) is 0 Å². The summed E-state index contributed by atoms with van der Waals surface area (Å²) in [5.74, 6) is -1.17. The van der Waals surface area contributed by atoms with Crippen LogP contribution in [0.5, 0.6) is 0 Å². The topological polar surface area (TPSA) is 91.4 Å². The summed E-state index contributed by atoms with van der Waals surface area (Å²) in [5, 5.41) is 5.69. The van der Waals surface area contributed by atoms with Gasteiger partial charge in [0.05, 0.1) is 5.92 Å². The Morgan fingerprint density at radius 3 is 2.59 bits per heavy atom. The number of para-hydroxylation sites is 1. The zero-order valence-electron chi connectivity index (χ0n) is 16.7. The van der Waals surface area contributed by atoms with Crippen LogP contribution >= 0.6 is 0 Å². The van der Waals surface area contributed by atoms with E-state index in [0.29, 0.717) is 13.1 Å². The molecule has 3 amide bonds. The predicted octanol–water partition coefficient (Wildman–Crippen LogP) is 1.89. The number of carbonyl (C=O) groups excluding carboxylic acids is 3. The summed E-state index contributed by atoms with van der Waals surface area (Å²) in [4.78, 5) is 43.4. The molecular weight excluding hydrogens is 368 g/mol. The lowest BCUT2D eigenvalue weighted by Crippen LogP contribution is -2.51. The highest BCUT2D eigenvalue weighted by Crippen LogP contribution is 2.25. The van der Waals surface area contributed by atoms with Gasteiger partial charge in [-0.15, -0.1) is 0 Å². The first-order valence-electron chi connectivity index (χ1n) is 9.78. The third-order valence-electron chi connectivity index (χ3n) is 5.00. The van der Waals surface area contributed by atoms with Gasteiger partial charge in [0.1, 0.15) is 6.04 Å². The molecule has 1 saturated heterocycles. The van der Waals surface area contributed by atoms with Crippen molar-refractivity contribution < 1.29 is 14.4 Å². The van der Waals surface area contributed by atoms with E-state index in [1.807, 2.05) is 50.2 Å². The fourth-order valence-electron chi connectivity index (χ4n) is 3.35. The number of benzene rings is 1. The average molecular weight is 394 g/mol. The first-order valence-corrected chi connectivity index (χ1v) is 9.78. The van der Waals surface area contributed by atoms with Crippen molar-refractivity contribution in [1.29, 1.82) is 0 Å². The fourth-order valence-corrected chi connectivity index (χ4v) is 3.35. The van der Waals surface area contributed by atoms with Crippen LogP contribution in [-0.2, 0) is 20.9 Å². The summed E-state index contributed by atoms with van der Waals surface area (Å²) in [7, 11) is 0. The Morgan fingerprint density at radius 1 is 1.17 bits per heavy atom. The molecule has 7 nitrogen and oxygen atoms in total. The summed E-state index contributed by atoms with van der Waals surface area (Å²) in [6.45, 7) is 4.42. The second-order valence-electron chi connectivity index (χ2n) is 7.55. The van der Waals surface area contributed by atoms with Crippen molar-refractivity contribution in [2.45, 2.75) is 32.9 Å². The molecule has 1 aromatic carbocycles. The SMILES string of the molecule is CC(C)C(NC(=O)C1CC(=O)N(c2ccccc2)C1)C(=O)NCc1cccnc1. The Kier molecular flexibility index (Phi) is 6.59. The molecular formula is C22H26N4O3. The summed E-state index contributed by atoms with van der Waals surface area (Å²) >= 11 is 0. The maximum Gasteiger partial charge on any atom is 0.243 e. The molecule has 1 aliphatic heterocycles. The minimum atomic E-state index is -0.667. The molecule has 152 valence electrons. The molecule has 0 spiro atoms. The Bertz CT molecular complexity index is 855. The number of nitrogens with zero attached hydrogens (tertiary/aromatic N) is 2. The number of hydrogen-bond acceptors (Lipinski definition) is 4. The summed E-state index contributed by atoms with van der Waals surface area (Å²) in [5.41, 5.74) is 1.66. The van der Waals surface area contributed by atoms with E-state index in [1.165, 1.54) is 0 Å². The summed E-state index contributed by atoms with van der Waals surface area (Å²) in [6.07, 6.45) is 3.50. The molecule has 1 fully saturated rings. The van der Waals surface area contributed by atoms with Gasteiger partial charge in [0.2, 0.25) is 17.7 Å². The normalized spacial score (nSPS) is 17.3. The Hall–Kier alpha value is -3.22. The second-order valence-corrected chi connectivity index (χ2v) is 7.55. The molecule has 2 N–H and O–H groups in total. The van der Waals surface area contributed by atoms with Gasteiger partial charge in [0, 0.05) is 37.6 Å². The zero-order chi connectivity index (χ0) is 20.8. The van der Waals surface area contributed by atoms with Gasteiger partial charge < -0.3 is 15.5 Å². The number of anilines is 1. The lowest BCUT2D eigenvalue weighted by atomic mass is 10.0. The molecule has 3 rings (SSSR count). The smallest absolute Gasteiger partial charge is 0.243 e. The molecule has 29 heavy (non-hydrogen) atoms. The maximum atomic E-state index is 12.8. The van der Waals surface area contributed by atoms with Crippen LogP contribution in [0.4, 0.5) is 5.69 Å². The van der Waals surface area contributed by atoms with E-state index in [0.717, 1.165) is 11.3 Å². The van der Waals surface area contributed by atoms with Crippen molar-refractivity contribution in [3.05, 3.63) is 60.4 Å². The summed E-state index contributed by atoms with van der Waals surface area (Å²) < 4.78 is 0. The van der Waals surface area contributed by atoms with Gasteiger partial charge in [0.25, 0.3) is 0 Å². The van der Waals surface area contributed by atoms with Crippen LogP contribution in [0.15, 0.2) is 54.9 Å². The molecule has 1 aliphatic rings. The minimum Gasteiger partial charge on any atom is -0.350 e. The van der Waals surface area contributed by atoms with E-state index in [-0.39, 0.29) is 30.1 Å². The first kappa shape index (κ1) is 20.5. The van der Waals surface area contributed by atoms with E-state index < -0.39 is 12.0 Å². The number of pyridine rings is 1. The number of aromatic nitrogens is 1. The molecule has 0 bridgehead atoms. The lowest BCUT2D eigenvalue weighted by Gasteiger charge is -2.23. The van der Waals surface area contributed by atoms with Crippen LogP contribution in [0, 0.1) is 11.8 Å². The van der Waals surface area contributed by atoms with Gasteiger partial charge in [-0.3, -0.25) is 19.4 Å². The lowest BCUT2D eigenvalue weighted by molar-refractivity contribution is -0.132. The number of hydrogen-bond donors (Lipinski definition) is 2. The van der Waals surface area contributed by atoms with Crippen molar-refractivity contribution in [2.75, 3.05) is 11.4 Å². The number of amides is 3. The molecule has 1 aromatic heterocycles. The first-order chi connectivity index (χ1) is 14.0. The summed E-state index contributed by atoms with van der Waals surface area (Å²) in [6, 6.07) is 12.3. The van der Waals surface area contributed by atoms with Crippen LogP contribution in [0.3, 0.4) is 0 Å². The van der Waals surface area contributed by atoms with E-state index in [9.17, 15) is 14.4 Å². The molecule has 2 unspecified atom stereocenters. The van der Waals surface area contributed by atoms with E-state index in [2.05, 4.69) is 15.6 Å². The van der Waals surface area contributed by atoms with Gasteiger partial charge in [0.15, 0.2) is 0 Å². The number of nitrogens with one attached hydrogen (secondary N) is 2. The van der Waals surface area contributed by atoms with Gasteiger partial charge >= 0.3 is 0 Å².